The number of aromatic carboxylic acids is 1. The summed E-state index contributed by atoms with van der Waals surface area (Å²) in [5.74, 6) is -0.221. The maximum atomic E-state index is 11.4. The largest absolute Gasteiger partial charge is 0.545 e. The molecule has 1 aromatic heterocycles. The van der Waals surface area contributed by atoms with Crippen molar-refractivity contribution in [2.45, 2.75) is 6.92 Å². The second-order valence-electron chi connectivity index (χ2n) is 4.76. The molecule has 6 nitrogen and oxygen atoms in total. The summed E-state index contributed by atoms with van der Waals surface area (Å²) in [6.45, 7) is 2.42. The van der Waals surface area contributed by atoms with Crippen molar-refractivity contribution in [3.05, 3.63) is 54.4 Å². The summed E-state index contributed by atoms with van der Waals surface area (Å²) >= 11 is 0. The molecule has 0 saturated carbocycles. The van der Waals surface area contributed by atoms with E-state index in [2.05, 4.69) is 15.3 Å². The van der Waals surface area contributed by atoms with Crippen LogP contribution in [-0.2, 0) is 0 Å². The average molecular weight is 308 g/mol. The highest BCUT2D eigenvalue weighted by atomic mass is 16.5. The SMILES string of the molecule is CCOc1ccccc1Nc1ncnc2cccc(C(=O)[O-])c12. The monoisotopic (exact) mass is 308 g/mol. The Labute approximate surface area is 132 Å². The molecular formula is C17H14N3O3-. The lowest BCUT2D eigenvalue weighted by molar-refractivity contribution is -0.254. The fourth-order valence-corrected chi connectivity index (χ4v) is 2.35. The average Bonchev–Trinajstić information content (AvgIpc) is 2.56. The van der Waals surface area contributed by atoms with Gasteiger partial charge >= 0.3 is 0 Å². The van der Waals surface area contributed by atoms with Gasteiger partial charge in [-0.1, -0.05) is 24.3 Å². The molecule has 1 N–H and O–H groups in total. The van der Waals surface area contributed by atoms with Crippen molar-refractivity contribution < 1.29 is 14.6 Å². The molecule has 23 heavy (non-hydrogen) atoms. The maximum absolute atomic E-state index is 11.4. The lowest BCUT2D eigenvalue weighted by Crippen LogP contribution is -2.22. The number of aromatic nitrogens is 2. The molecule has 3 aromatic rings. The standard InChI is InChI=1S/C17H15N3O3/c1-2-23-14-9-4-3-7-12(14)20-16-15-11(17(21)22)6-5-8-13(15)18-10-19-16/h3-10H,2H2,1H3,(H,21,22)(H,18,19,20)/p-1. The van der Waals surface area contributed by atoms with Crippen molar-refractivity contribution in [1.29, 1.82) is 0 Å². The fourth-order valence-electron chi connectivity index (χ4n) is 2.35. The molecule has 116 valence electrons. The molecule has 0 radical (unpaired) electrons. The number of para-hydroxylation sites is 2. The quantitative estimate of drug-likeness (QED) is 0.777. The van der Waals surface area contributed by atoms with Crippen molar-refractivity contribution in [1.82, 2.24) is 9.97 Å². The Morgan fingerprint density at radius 3 is 2.78 bits per heavy atom. The molecule has 3 rings (SSSR count). The van der Waals surface area contributed by atoms with Crippen molar-refractivity contribution >= 4 is 28.4 Å². The maximum Gasteiger partial charge on any atom is 0.142 e. The third-order valence-electron chi connectivity index (χ3n) is 3.32. The Bertz CT molecular complexity index is 859. The minimum atomic E-state index is -1.27. The van der Waals surface area contributed by atoms with Crippen LogP contribution in [0.3, 0.4) is 0 Å². The molecule has 0 bridgehead atoms. The van der Waals surface area contributed by atoms with Gasteiger partial charge in [0, 0.05) is 5.56 Å². The van der Waals surface area contributed by atoms with Crippen LogP contribution in [-0.4, -0.2) is 22.5 Å². The summed E-state index contributed by atoms with van der Waals surface area (Å²) in [7, 11) is 0. The van der Waals surface area contributed by atoms with Gasteiger partial charge in [0.05, 0.1) is 29.2 Å². The van der Waals surface area contributed by atoms with Crippen LogP contribution in [0.4, 0.5) is 11.5 Å². The first kappa shape index (κ1) is 14.8. The smallest absolute Gasteiger partial charge is 0.142 e. The van der Waals surface area contributed by atoms with Crippen LogP contribution in [0.15, 0.2) is 48.8 Å². The number of anilines is 2. The van der Waals surface area contributed by atoms with E-state index in [-0.39, 0.29) is 5.56 Å². The number of hydrogen-bond acceptors (Lipinski definition) is 6. The molecule has 0 saturated heterocycles. The number of carboxylic acids is 1. The van der Waals surface area contributed by atoms with Crippen LogP contribution < -0.4 is 15.2 Å². The number of carbonyl (C=O) groups excluding carboxylic acids is 1. The normalized spacial score (nSPS) is 10.5. The summed E-state index contributed by atoms with van der Waals surface area (Å²) in [5.41, 5.74) is 1.26. The number of rotatable bonds is 5. The molecule has 0 fully saturated rings. The van der Waals surface area contributed by atoms with E-state index >= 15 is 0 Å². The molecule has 0 aliphatic heterocycles. The Hall–Kier alpha value is -3.15. The van der Waals surface area contributed by atoms with Gasteiger partial charge in [-0.3, -0.25) is 0 Å². The van der Waals surface area contributed by atoms with Gasteiger partial charge in [0.2, 0.25) is 0 Å². The Morgan fingerprint density at radius 2 is 2.00 bits per heavy atom. The van der Waals surface area contributed by atoms with Crippen molar-refractivity contribution in [2.24, 2.45) is 0 Å². The first-order valence-corrected chi connectivity index (χ1v) is 7.14. The molecule has 0 amide bonds. The van der Waals surface area contributed by atoms with Gasteiger partial charge in [-0.05, 0) is 25.1 Å². The minimum absolute atomic E-state index is 0.0412. The van der Waals surface area contributed by atoms with E-state index < -0.39 is 5.97 Å². The predicted octanol–water partition coefficient (Wildman–Crippen LogP) is 2.14. The molecule has 0 atom stereocenters. The molecule has 0 aliphatic carbocycles. The van der Waals surface area contributed by atoms with Crippen molar-refractivity contribution in [2.75, 3.05) is 11.9 Å². The van der Waals surface area contributed by atoms with Gasteiger partial charge in [-0.25, -0.2) is 9.97 Å². The van der Waals surface area contributed by atoms with E-state index in [1.54, 1.807) is 12.1 Å². The van der Waals surface area contributed by atoms with Crippen LogP contribution in [0.25, 0.3) is 10.9 Å². The zero-order valence-corrected chi connectivity index (χ0v) is 12.4. The summed E-state index contributed by atoms with van der Waals surface area (Å²) in [6, 6.07) is 12.2. The number of benzene rings is 2. The third-order valence-corrected chi connectivity index (χ3v) is 3.32. The van der Waals surface area contributed by atoms with Crippen LogP contribution >= 0.6 is 0 Å². The summed E-state index contributed by atoms with van der Waals surface area (Å²) in [6.07, 6.45) is 1.38. The van der Waals surface area contributed by atoms with Gasteiger partial charge in [-0.2, -0.15) is 0 Å². The topological polar surface area (TPSA) is 87.2 Å². The van der Waals surface area contributed by atoms with Crippen LogP contribution in [0.1, 0.15) is 17.3 Å². The van der Waals surface area contributed by atoms with Crippen molar-refractivity contribution in [3.8, 4) is 5.75 Å². The van der Waals surface area contributed by atoms with Crippen LogP contribution in [0.5, 0.6) is 5.75 Å². The van der Waals surface area contributed by atoms with E-state index in [9.17, 15) is 9.90 Å². The molecule has 2 aromatic carbocycles. The Balaban J connectivity index is 2.12. The van der Waals surface area contributed by atoms with Gasteiger partial charge in [0.15, 0.2) is 0 Å². The number of nitrogens with one attached hydrogen (secondary N) is 1. The van der Waals surface area contributed by atoms with Gasteiger partial charge in [0.25, 0.3) is 0 Å². The molecular weight excluding hydrogens is 294 g/mol. The van der Waals surface area contributed by atoms with E-state index in [1.165, 1.54) is 12.4 Å². The summed E-state index contributed by atoms with van der Waals surface area (Å²) in [5, 5.41) is 14.9. The van der Waals surface area contributed by atoms with Gasteiger partial charge in [-0.15, -0.1) is 0 Å². The predicted molar refractivity (Wildman–Crippen MR) is 84.8 cm³/mol. The van der Waals surface area contributed by atoms with Crippen LogP contribution in [0, 0.1) is 0 Å². The lowest BCUT2D eigenvalue weighted by atomic mass is 10.1. The lowest BCUT2D eigenvalue weighted by Gasteiger charge is -2.14. The number of hydrogen-bond donors (Lipinski definition) is 1. The number of carboxylic acid groups (broad SMARTS) is 1. The van der Waals surface area contributed by atoms with E-state index in [0.717, 1.165) is 0 Å². The number of ether oxygens (including phenoxy) is 1. The Kier molecular flexibility index (Phi) is 4.05. The Morgan fingerprint density at radius 1 is 1.17 bits per heavy atom. The van der Waals surface area contributed by atoms with Crippen molar-refractivity contribution in [3.63, 3.8) is 0 Å². The van der Waals surface area contributed by atoms with E-state index in [0.29, 0.717) is 34.8 Å². The minimum Gasteiger partial charge on any atom is -0.545 e. The zero-order valence-electron chi connectivity index (χ0n) is 12.4. The second-order valence-corrected chi connectivity index (χ2v) is 4.76. The molecule has 0 unspecified atom stereocenters. The highest BCUT2D eigenvalue weighted by molar-refractivity contribution is 6.06. The second kappa shape index (κ2) is 6.31. The third kappa shape index (κ3) is 2.91. The highest BCUT2D eigenvalue weighted by Gasteiger charge is 2.11. The first-order chi connectivity index (χ1) is 11.2. The van der Waals surface area contributed by atoms with Gasteiger partial charge in [0.1, 0.15) is 17.9 Å². The molecule has 0 aliphatic rings. The van der Waals surface area contributed by atoms with E-state index in [1.807, 2.05) is 31.2 Å². The number of carbonyl (C=O) groups is 1. The highest BCUT2D eigenvalue weighted by Crippen LogP contribution is 2.30. The first-order valence-electron chi connectivity index (χ1n) is 7.14. The molecule has 6 heteroatoms. The summed E-state index contributed by atoms with van der Waals surface area (Å²) in [4.78, 5) is 19.7. The van der Waals surface area contributed by atoms with Gasteiger partial charge < -0.3 is 20.0 Å². The van der Waals surface area contributed by atoms with Crippen LogP contribution in [0.2, 0.25) is 0 Å². The summed E-state index contributed by atoms with van der Waals surface area (Å²) < 4.78 is 5.56. The molecule has 0 spiro atoms. The van der Waals surface area contributed by atoms with E-state index in [4.69, 9.17) is 4.74 Å². The zero-order chi connectivity index (χ0) is 16.2. The fraction of sp³-hybridized carbons (Fsp3) is 0.118. The number of fused-ring (bicyclic) bond motifs is 1. The molecule has 1 heterocycles. The number of nitrogens with zero attached hydrogens (tertiary/aromatic N) is 2.